The number of methoxy groups -OCH3 is 1. The Morgan fingerprint density at radius 3 is 2.70 bits per heavy atom. The average Bonchev–Trinajstić information content (AvgIpc) is 2.83. The van der Waals surface area contributed by atoms with Gasteiger partial charge in [0.2, 0.25) is 11.7 Å². The maximum Gasteiger partial charge on any atom is 0.374 e. The molecule has 0 unspecified atom stereocenters. The quantitative estimate of drug-likeness (QED) is 0.911. The molecule has 0 saturated carbocycles. The second-order valence-electron chi connectivity index (χ2n) is 3.68. The van der Waals surface area contributed by atoms with Crippen LogP contribution in [-0.4, -0.2) is 23.2 Å². The van der Waals surface area contributed by atoms with Crippen molar-refractivity contribution in [3.05, 3.63) is 34.1 Å². The molecule has 2 aromatic rings. The van der Waals surface area contributed by atoms with Gasteiger partial charge in [0.15, 0.2) is 5.69 Å². The lowest BCUT2D eigenvalue weighted by Gasteiger charge is -2.05. The number of alkyl halides is 2. The van der Waals surface area contributed by atoms with E-state index in [0.29, 0.717) is 10.2 Å². The molecule has 0 radical (unpaired) electrons. The summed E-state index contributed by atoms with van der Waals surface area (Å²) >= 11 is 3.23. The fourth-order valence-electron chi connectivity index (χ4n) is 1.59. The van der Waals surface area contributed by atoms with E-state index < -0.39 is 23.8 Å². The first-order valence-corrected chi connectivity index (χ1v) is 6.09. The summed E-state index contributed by atoms with van der Waals surface area (Å²) in [5.74, 6) is -2.39. The smallest absolute Gasteiger partial charge is 0.374 e. The minimum atomic E-state index is -3.04. The van der Waals surface area contributed by atoms with E-state index in [1.54, 1.807) is 12.1 Å². The van der Waals surface area contributed by atoms with E-state index in [1.807, 2.05) is 0 Å². The van der Waals surface area contributed by atoms with E-state index in [4.69, 9.17) is 14.3 Å². The van der Waals surface area contributed by atoms with Crippen LogP contribution in [-0.2, 0) is 0 Å². The molecular weight excluding hydrogens is 340 g/mol. The van der Waals surface area contributed by atoms with Crippen LogP contribution < -0.4 is 4.74 Å². The number of hydrogen-bond acceptors (Lipinski definition) is 4. The van der Waals surface area contributed by atoms with Gasteiger partial charge in [0.25, 0.3) is 6.43 Å². The predicted octanol–water partition coefficient (Wildman–Crippen LogP) is 3.75. The van der Waals surface area contributed by atoms with Crippen molar-refractivity contribution in [1.82, 2.24) is 4.98 Å². The zero-order valence-corrected chi connectivity index (χ0v) is 11.6. The van der Waals surface area contributed by atoms with Crippen LogP contribution in [0.2, 0.25) is 0 Å². The largest absolute Gasteiger partial charge is 0.496 e. The van der Waals surface area contributed by atoms with Crippen molar-refractivity contribution in [1.29, 1.82) is 0 Å². The summed E-state index contributed by atoms with van der Waals surface area (Å²) in [5.41, 5.74) is -0.623. The van der Waals surface area contributed by atoms with E-state index in [-0.39, 0.29) is 11.5 Å². The second kappa shape index (κ2) is 5.58. The molecule has 0 aliphatic carbocycles. The number of rotatable bonds is 4. The molecule has 5 nitrogen and oxygen atoms in total. The molecule has 0 spiro atoms. The van der Waals surface area contributed by atoms with Gasteiger partial charge in [0.05, 0.1) is 12.7 Å². The fourth-order valence-corrected chi connectivity index (χ4v) is 1.93. The fraction of sp³-hybridized carbons (Fsp3) is 0.167. The average molecular weight is 348 g/mol. The molecule has 1 N–H and O–H groups in total. The first-order chi connectivity index (χ1) is 9.43. The number of oxazole rings is 1. The van der Waals surface area contributed by atoms with E-state index >= 15 is 0 Å². The Labute approximate surface area is 120 Å². The molecule has 20 heavy (non-hydrogen) atoms. The van der Waals surface area contributed by atoms with Gasteiger partial charge in [-0.15, -0.1) is 0 Å². The van der Waals surface area contributed by atoms with Gasteiger partial charge in [0, 0.05) is 4.47 Å². The highest BCUT2D eigenvalue weighted by Gasteiger charge is 2.27. The molecule has 2 rings (SSSR count). The van der Waals surface area contributed by atoms with Crippen LogP contribution in [0.25, 0.3) is 11.5 Å². The summed E-state index contributed by atoms with van der Waals surface area (Å²) in [7, 11) is 1.39. The predicted molar refractivity (Wildman–Crippen MR) is 68.1 cm³/mol. The van der Waals surface area contributed by atoms with Crippen molar-refractivity contribution in [2.24, 2.45) is 0 Å². The van der Waals surface area contributed by atoms with Crippen LogP contribution in [0.5, 0.6) is 5.75 Å². The zero-order valence-electron chi connectivity index (χ0n) is 10.1. The van der Waals surface area contributed by atoms with Crippen LogP contribution in [0.3, 0.4) is 0 Å². The SMILES string of the molecule is COc1cc(Br)ccc1-c1nc(C(F)F)c(C(=O)O)o1. The topological polar surface area (TPSA) is 72.6 Å². The van der Waals surface area contributed by atoms with Crippen LogP contribution >= 0.6 is 15.9 Å². The van der Waals surface area contributed by atoms with Gasteiger partial charge in [0.1, 0.15) is 5.75 Å². The molecule has 0 amide bonds. The zero-order chi connectivity index (χ0) is 14.9. The van der Waals surface area contributed by atoms with Crippen molar-refractivity contribution in [2.45, 2.75) is 6.43 Å². The molecule has 1 aromatic heterocycles. The lowest BCUT2D eigenvalue weighted by atomic mass is 10.2. The van der Waals surface area contributed by atoms with Crippen LogP contribution in [0.15, 0.2) is 27.1 Å². The first kappa shape index (κ1) is 14.4. The summed E-state index contributed by atoms with van der Waals surface area (Å²) in [6, 6.07) is 4.74. The lowest BCUT2D eigenvalue weighted by Crippen LogP contribution is -1.99. The molecule has 0 fully saturated rings. The standard InChI is InChI=1S/C12H8BrF2NO4/c1-19-7-4-5(13)2-3-6(7)11-16-8(10(14)15)9(20-11)12(17)18/h2-4,10H,1H3,(H,17,18). The highest BCUT2D eigenvalue weighted by atomic mass is 79.9. The van der Waals surface area contributed by atoms with Gasteiger partial charge in [-0.05, 0) is 18.2 Å². The molecule has 0 aliphatic rings. The van der Waals surface area contributed by atoms with E-state index in [1.165, 1.54) is 13.2 Å². The first-order valence-electron chi connectivity index (χ1n) is 5.30. The van der Waals surface area contributed by atoms with E-state index in [0.717, 1.165) is 0 Å². The molecule has 106 valence electrons. The molecule has 0 saturated heterocycles. The third-order valence-corrected chi connectivity index (χ3v) is 2.94. The Kier molecular flexibility index (Phi) is 4.03. The number of aromatic nitrogens is 1. The third kappa shape index (κ3) is 2.64. The summed E-state index contributed by atoms with van der Waals surface area (Å²) in [4.78, 5) is 14.4. The number of carboxylic acid groups (broad SMARTS) is 1. The summed E-state index contributed by atoms with van der Waals surface area (Å²) < 4.78 is 36.2. The minimum Gasteiger partial charge on any atom is -0.496 e. The number of carbonyl (C=O) groups is 1. The molecule has 0 aliphatic heterocycles. The molecule has 0 atom stereocenters. The summed E-state index contributed by atoms with van der Waals surface area (Å²) in [6.07, 6.45) is -3.04. The maximum atomic E-state index is 12.7. The van der Waals surface area contributed by atoms with Gasteiger partial charge in [-0.3, -0.25) is 0 Å². The Balaban J connectivity index is 2.59. The number of carboxylic acids is 1. The van der Waals surface area contributed by atoms with Crippen molar-refractivity contribution in [2.75, 3.05) is 7.11 Å². The van der Waals surface area contributed by atoms with Crippen LogP contribution in [0, 0.1) is 0 Å². The van der Waals surface area contributed by atoms with Gasteiger partial charge in [-0.1, -0.05) is 15.9 Å². The van der Waals surface area contributed by atoms with E-state index in [9.17, 15) is 13.6 Å². The Hall–Kier alpha value is -1.96. The number of nitrogens with zero attached hydrogens (tertiary/aromatic N) is 1. The number of aromatic carboxylic acids is 1. The molecule has 8 heteroatoms. The maximum absolute atomic E-state index is 12.7. The van der Waals surface area contributed by atoms with Gasteiger partial charge in [-0.2, -0.15) is 0 Å². The van der Waals surface area contributed by atoms with Gasteiger partial charge < -0.3 is 14.3 Å². The third-order valence-electron chi connectivity index (χ3n) is 2.45. The highest BCUT2D eigenvalue weighted by Crippen LogP contribution is 2.35. The van der Waals surface area contributed by atoms with Crippen LogP contribution in [0.4, 0.5) is 8.78 Å². The summed E-state index contributed by atoms with van der Waals surface area (Å²) in [5, 5.41) is 8.84. The van der Waals surface area contributed by atoms with Gasteiger partial charge >= 0.3 is 5.97 Å². The molecule has 1 aromatic carbocycles. The lowest BCUT2D eigenvalue weighted by molar-refractivity contribution is 0.0646. The van der Waals surface area contributed by atoms with Crippen LogP contribution in [0.1, 0.15) is 22.7 Å². The number of benzene rings is 1. The number of hydrogen-bond donors (Lipinski definition) is 1. The second-order valence-corrected chi connectivity index (χ2v) is 4.60. The number of ether oxygens (including phenoxy) is 1. The molecular formula is C12H8BrF2NO4. The molecule has 0 bridgehead atoms. The Morgan fingerprint density at radius 2 is 2.20 bits per heavy atom. The van der Waals surface area contributed by atoms with Gasteiger partial charge in [-0.25, -0.2) is 18.6 Å². The number of halogens is 3. The minimum absolute atomic E-state index is 0.234. The Morgan fingerprint density at radius 1 is 1.50 bits per heavy atom. The van der Waals surface area contributed by atoms with E-state index in [2.05, 4.69) is 20.9 Å². The van der Waals surface area contributed by atoms with Crippen molar-refractivity contribution in [3.8, 4) is 17.2 Å². The van der Waals surface area contributed by atoms with Crippen molar-refractivity contribution < 1.29 is 27.8 Å². The summed E-state index contributed by atoms with van der Waals surface area (Å²) in [6.45, 7) is 0. The van der Waals surface area contributed by atoms with Crippen molar-refractivity contribution >= 4 is 21.9 Å². The normalized spacial score (nSPS) is 10.8. The monoisotopic (exact) mass is 347 g/mol. The molecule has 1 heterocycles. The highest BCUT2D eigenvalue weighted by molar-refractivity contribution is 9.10. The Bertz CT molecular complexity index is 657. The van der Waals surface area contributed by atoms with Crippen molar-refractivity contribution in [3.63, 3.8) is 0 Å².